The predicted molar refractivity (Wildman–Crippen MR) is 110 cm³/mol. The van der Waals surface area contributed by atoms with Gasteiger partial charge in [-0.2, -0.15) is 0 Å². The SMILES string of the molecule is O=C(OCc1ccccc1)N1CCN(c2ncnc3c2oc2ccccc23)CC1. The number of carbonyl (C=O) groups is 1. The third-order valence-electron chi connectivity index (χ3n) is 5.18. The molecule has 3 heterocycles. The van der Waals surface area contributed by atoms with E-state index < -0.39 is 0 Å². The molecule has 7 nitrogen and oxygen atoms in total. The van der Waals surface area contributed by atoms with Gasteiger partial charge in [-0.3, -0.25) is 0 Å². The van der Waals surface area contributed by atoms with E-state index in [1.165, 1.54) is 0 Å². The number of ether oxygens (including phenoxy) is 1. The number of hydrogen-bond acceptors (Lipinski definition) is 6. The summed E-state index contributed by atoms with van der Waals surface area (Å²) in [6.07, 6.45) is 1.28. The van der Waals surface area contributed by atoms with Gasteiger partial charge in [-0.25, -0.2) is 14.8 Å². The minimum Gasteiger partial charge on any atom is -0.450 e. The summed E-state index contributed by atoms with van der Waals surface area (Å²) < 4.78 is 11.5. The standard InChI is InChI=1S/C22H20N4O3/c27-22(28-14-16-6-2-1-3-7-16)26-12-10-25(11-13-26)21-20-19(23-15-24-21)17-8-4-5-9-18(17)29-20/h1-9,15H,10-14H2. The largest absolute Gasteiger partial charge is 0.450 e. The van der Waals surface area contributed by atoms with Gasteiger partial charge in [-0.05, 0) is 17.7 Å². The van der Waals surface area contributed by atoms with Crippen LogP contribution in [-0.4, -0.2) is 47.1 Å². The highest BCUT2D eigenvalue weighted by molar-refractivity contribution is 6.05. The van der Waals surface area contributed by atoms with Crippen LogP contribution in [0.3, 0.4) is 0 Å². The first-order valence-electron chi connectivity index (χ1n) is 9.62. The fourth-order valence-electron chi connectivity index (χ4n) is 3.65. The molecule has 2 aromatic heterocycles. The van der Waals surface area contributed by atoms with Gasteiger partial charge in [0.25, 0.3) is 0 Å². The molecule has 0 bridgehead atoms. The van der Waals surface area contributed by atoms with E-state index in [0.717, 1.165) is 27.9 Å². The summed E-state index contributed by atoms with van der Waals surface area (Å²) >= 11 is 0. The lowest BCUT2D eigenvalue weighted by Crippen LogP contribution is -2.49. The smallest absolute Gasteiger partial charge is 0.410 e. The van der Waals surface area contributed by atoms with Crippen LogP contribution in [0.1, 0.15) is 5.56 Å². The first kappa shape index (κ1) is 17.5. The van der Waals surface area contributed by atoms with Crippen LogP contribution in [0.15, 0.2) is 65.3 Å². The zero-order valence-electron chi connectivity index (χ0n) is 15.8. The van der Waals surface area contributed by atoms with Gasteiger partial charge in [-0.1, -0.05) is 42.5 Å². The van der Waals surface area contributed by atoms with E-state index in [0.29, 0.717) is 31.8 Å². The number of para-hydroxylation sites is 1. The summed E-state index contributed by atoms with van der Waals surface area (Å²) in [7, 11) is 0. The van der Waals surface area contributed by atoms with Gasteiger partial charge in [-0.15, -0.1) is 0 Å². The summed E-state index contributed by atoms with van der Waals surface area (Å²) in [6.45, 7) is 2.73. The van der Waals surface area contributed by atoms with Crippen molar-refractivity contribution in [2.75, 3.05) is 31.1 Å². The Balaban J connectivity index is 1.28. The molecular formula is C22H20N4O3. The van der Waals surface area contributed by atoms with Crippen molar-refractivity contribution >= 4 is 34.0 Å². The molecule has 1 amide bonds. The quantitative estimate of drug-likeness (QED) is 0.531. The molecule has 5 rings (SSSR count). The number of nitrogens with zero attached hydrogens (tertiary/aromatic N) is 4. The fourth-order valence-corrected chi connectivity index (χ4v) is 3.65. The van der Waals surface area contributed by atoms with E-state index in [1.807, 2.05) is 54.6 Å². The van der Waals surface area contributed by atoms with Crippen LogP contribution in [0.4, 0.5) is 10.6 Å². The van der Waals surface area contributed by atoms with Crippen molar-refractivity contribution in [3.8, 4) is 0 Å². The Bertz CT molecular complexity index is 1150. The van der Waals surface area contributed by atoms with E-state index >= 15 is 0 Å². The number of anilines is 1. The second kappa shape index (κ2) is 7.43. The molecule has 7 heteroatoms. The number of hydrogen-bond donors (Lipinski definition) is 0. The summed E-state index contributed by atoms with van der Waals surface area (Å²) in [6, 6.07) is 17.5. The van der Waals surface area contributed by atoms with Crippen molar-refractivity contribution in [1.29, 1.82) is 0 Å². The van der Waals surface area contributed by atoms with E-state index in [2.05, 4.69) is 14.9 Å². The van der Waals surface area contributed by atoms with Crippen LogP contribution in [0.5, 0.6) is 0 Å². The molecule has 0 saturated carbocycles. The molecule has 0 atom stereocenters. The second-order valence-electron chi connectivity index (χ2n) is 6.99. The van der Waals surface area contributed by atoms with Gasteiger partial charge in [0, 0.05) is 31.6 Å². The normalized spacial score (nSPS) is 14.5. The average molecular weight is 388 g/mol. The summed E-state index contributed by atoms with van der Waals surface area (Å²) in [5, 5.41) is 0.981. The van der Waals surface area contributed by atoms with Crippen LogP contribution in [-0.2, 0) is 11.3 Å². The Morgan fingerprint density at radius 1 is 0.966 bits per heavy atom. The van der Waals surface area contributed by atoms with Gasteiger partial charge in [0.05, 0.1) is 0 Å². The van der Waals surface area contributed by atoms with Gasteiger partial charge < -0.3 is 19.0 Å². The lowest BCUT2D eigenvalue weighted by Gasteiger charge is -2.34. The number of piperazine rings is 1. The molecule has 4 aromatic rings. The lowest BCUT2D eigenvalue weighted by atomic mass is 10.2. The fraction of sp³-hybridized carbons (Fsp3) is 0.227. The van der Waals surface area contributed by atoms with Crippen molar-refractivity contribution < 1.29 is 13.9 Å². The van der Waals surface area contributed by atoms with E-state index in [1.54, 1.807) is 11.2 Å². The van der Waals surface area contributed by atoms with Crippen LogP contribution in [0, 0.1) is 0 Å². The molecule has 0 spiro atoms. The molecule has 1 fully saturated rings. The molecule has 146 valence electrons. The number of rotatable bonds is 3. The van der Waals surface area contributed by atoms with Crippen LogP contribution in [0.2, 0.25) is 0 Å². The minimum atomic E-state index is -0.287. The summed E-state index contributed by atoms with van der Waals surface area (Å²) in [5.41, 5.74) is 3.28. The van der Waals surface area contributed by atoms with Gasteiger partial charge in [0.2, 0.25) is 0 Å². The van der Waals surface area contributed by atoms with Crippen molar-refractivity contribution in [3.63, 3.8) is 0 Å². The zero-order chi connectivity index (χ0) is 19.6. The molecule has 29 heavy (non-hydrogen) atoms. The first-order chi connectivity index (χ1) is 14.3. The van der Waals surface area contributed by atoms with Gasteiger partial charge in [0.15, 0.2) is 11.4 Å². The highest BCUT2D eigenvalue weighted by atomic mass is 16.6. The topological polar surface area (TPSA) is 71.7 Å². The molecule has 1 aliphatic rings. The molecule has 1 saturated heterocycles. The first-order valence-corrected chi connectivity index (χ1v) is 9.62. The monoisotopic (exact) mass is 388 g/mol. The Morgan fingerprint density at radius 3 is 2.55 bits per heavy atom. The maximum absolute atomic E-state index is 12.4. The van der Waals surface area contributed by atoms with Crippen molar-refractivity contribution in [1.82, 2.24) is 14.9 Å². The summed E-state index contributed by atoms with van der Waals surface area (Å²) in [4.78, 5) is 25.1. The number of benzene rings is 2. The average Bonchev–Trinajstić information content (AvgIpc) is 3.17. The third kappa shape index (κ3) is 3.35. The molecule has 2 aromatic carbocycles. The maximum atomic E-state index is 12.4. The van der Waals surface area contributed by atoms with E-state index in [9.17, 15) is 4.79 Å². The lowest BCUT2D eigenvalue weighted by molar-refractivity contribution is 0.0941. The molecule has 1 aliphatic heterocycles. The Kier molecular flexibility index (Phi) is 4.48. The predicted octanol–water partition coefficient (Wildman–Crippen LogP) is 3.83. The highest BCUT2D eigenvalue weighted by Gasteiger charge is 2.25. The van der Waals surface area contributed by atoms with Crippen LogP contribution >= 0.6 is 0 Å². The zero-order valence-corrected chi connectivity index (χ0v) is 15.8. The van der Waals surface area contributed by atoms with Crippen LogP contribution < -0.4 is 4.90 Å². The van der Waals surface area contributed by atoms with E-state index in [4.69, 9.17) is 9.15 Å². The molecule has 0 unspecified atom stereocenters. The molecule has 0 radical (unpaired) electrons. The molecule has 0 N–H and O–H groups in total. The summed E-state index contributed by atoms with van der Waals surface area (Å²) in [5.74, 6) is 0.767. The number of carbonyl (C=O) groups excluding carboxylic acids is 1. The minimum absolute atomic E-state index is 0.283. The Labute approximate surface area is 167 Å². The maximum Gasteiger partial charge on any atom is 0.410 e. The molecular weight excluding hydrogens is 368 g/mol. The van der Waals surface area contributed by atoms with Crippen LogP contribution in [0.25, 0.3) is 22.1 Å². The Hall–Kier alpha value is -3.61. The highest BCUT2D eigenvalue weighted by Crippen LogP contribution is 2.32. The van der Waals surface area contributed by atoms with Crippen molar-refractivity contribution in [3.05, 3.63) is 66.5 Å². The Morgan fingerprint density at radius 2 is 1.72 bits per heavy atom. The number of aromatic nitrogens is 2. The molecule has 0 aliphatic carbocycles. The van der Waals surface area contributed by atoms with Gasteiger partial charge >= 0.3 is 6.09 Å². The number of fused-ring (bicyclic) bond motifs is 3. The van der Waals surface area contributed by atoms with Crippen molar-refractivity contribution in [2.24, 2.45) is 0 Å². The second-order valence-corrected chi connectivity index (χ2v) is 6.99. The van der Waals surface area contributed by atoms with E-state index in [-0.39, 0.29) is 12.7 Å². The third-order valence-corrected chi connectivity index (χ3v) is 5.18. The number of amides is 1. The van der Waals surface area contributed by atoms with Crippen molar-refractivity contribution in [2.45, 2.75) is 6.61 Å². The van der Waals surface area contributed by atoms with Gasteiger partial charge in [0.1, 0.15) is 24.0 Å². The number of furan rings is 1.